The summed E-state index contributed by atoms with van der Waals surface area (Å²) in [7, 11) is 0. The molecule has 0 N–H and O–H groups in total. The number of hydrogen-bond donors (Lipinski definition) is 0. The second-order valence-corrected chi connectivity index (χ2v) is 11.7. The predicted molar refractivity (Wildman–Crippen MR) is 176 cm³/mol. The minimum Gasteiger partial charge on any atom is -0.493 e. The lowest BCUT2D eigenvalue weighted by atomic mass is 9.73. The van der Waals surface area contributed by atoms with E-state index in [-0.39, 0.29) is 22.6 Å². The molecule has 0 fully saturated rings. The van der Waals surface area contributed by atoms with Crippen LogP contribution in [0.5, 0.6) is 11.5 Å². The zero-order chi connectivity index (χ0) is 30.6. The van der Waals surface area contributed by atoms with E-state index in [0.717, 1.165) is 27.8 Å². The van der Waals surface area contributed by atoms with Gasteiger partial charge in [0.2, 0.25) is 0 Å². The molecular weight excluding hydrogens is 546 g/mol. The van der Waals surface area contributed by atoms with E-state index >= 15 is 0 Å². The van der Waals surface area contributed by atoms with E-state index in [4.69, 9.17) is 9.47 Å². The summed E-state index contributed by atoms with van der Waals surface area (Å²) in [5.74, 6) is 0.649. The molecule has 0 bridgehead atoms. The van der Waals surface area contributed by atoms with Crippen molar-refractivity contribution in [2.24, 2.45) is 0 Å². The van der Waals surface area contributed by atoms with Crippen molar-refractivity contribution in [3.8, 4) is 11.5 Å². The average Bonchev–Trinajstić information content (AvgIpc) is 3.26. The number of para-hydroxylation sites is 2. The molecule has 0 unspecified atom stereocenters. The van der Waals surface area contributed by atoms with Crippen molar-refractivity contribution >= 4 is 45.5 Å². The number of allylic oxidation sites excluding steroid dienone is 1. The maximum absolute atomic E-state index is 13.6. The van der Waals surface area contributed by atoms with Gasteiger partial charge in [0.05, 0.1) is 35.8 Å². The monoisotopic (exact) mass is 579 g/mol. The molecule has 0 atom stereocenters. The van der Waals surface area contributed by atoms with Crippen LogP contribution in [0.25, 0.3) is 16.8 Å². The molecule has 2 aliphatic rings. The van der Waals surface area contributed by atoms with E-state index in [1.54, 1.807) is 6.08 Å². The molecule has 44 heavy (non-hydrogen) atoms. The number of fused-ring (bicyclic) bond motifs is 4. The number of rotatable bonds is 6. The molecule has 0 spiro atoms. The third-order valence-electron chi connectivity index (χ3n) is 8.73. The van der Waals surface area contributed by atoms with E-state index in [1.807, 2.05) is 62.4 Å². The van der Waals surface area contributed by atoms with E-state index < -0.39 is 0 Å². The van der Waals surface area contributed by atoms with Crippen molar-refractivity contribution < 1.29 is 19.1 Å². The molecule has 5 nitrogen and oxygen atoms in total. The van der Waals surface area contributed by atoms with Crippen LogP contribution in [-0.2, 0) is 5.41 Å². The number of Topliss-reactive ketones (excluding diaryl/α,β-unsaturated/α-hetero) is 2. The standard InChI is InChI=1S/C39H33NO4/c1-5-43-35-23-34(40-32-17-11-9-15-30(32)39(3,4)31-16-10-12-18-33(31)40)36(44-6-2)22-26(35)21-29-37(41)27-19-24-13-7-8-14-25(24)20-28(27)38(29)42/h7-23H,5-6H2,1-4H3. The van der Waals surface area contributed by atoms with Crippen LogP contribution in [-0.4, -0.2) is 24.8 Å². The van der Waals surface area contributed by atoms with E-state index in [2.05, 4.69) is 67.3 Å². The fourth-order valence-electron chi connectivity index (χ4n) is 6.63. The summed E-state index contributed by atoms with van der Waals surface area (Å²) in [6.07, 6.45) is 1.66. The van der Waals surface area contributed by atoms with E-state index in [0.29, 0.717) is 41.4 Å². The number of ether oxygens (including phenoxy) is 2. The van der Waals surface area contributed by atoms with Gasteiger partial charge in [0, 0.05) is 28.2 Å². The topological polar surface area (TPSA) is 55.8 Å². The van der Waals surface area contributed by atoms with Gasteiger partial charge in [-0.1, -0.05) is 74.5 Å². The predicted octanol–water partition coefficient (Wildman–Crippen LogP) is 9.21. The van der Waals surface area contributed by atoms with Crippen LogP contribution in [0.15, 0.2) is 103 Å². The quantitative estimate of drug-likeness (QED) is 0.148. The van der Waals surface area contributed by atoms with E-state index in [1.165, 1.54) is 11.1 Å². The minimum absolute atomic E-state index is 0.127. The number of carbonyl (C=O) groups is 2. The third kappa shape index (κ3) is 4.22. The van der Waals surface area contributed by atoms with Crippen molar-refractivity contribution in [3.05, 3.63) is 130 Å². The molecule has 0 radical (unpaired) electrons. The Hall–Kier alpha value is -5.16. The first-order valence-corrected chi connectivity index (χ1v) is 15.1. The van der Waals surface area contributed by atoms with Crippen LogP contribution >= 0.6 is 0 Å². The third-order valence-corrected chi connectivity index (χ3v) is 8.73. The van der Waals surface area contributed by atoms with Gasteiger partial charge in [0.15, 0.2) is 11.6 Å². The molecular formula is C39H33NO4. The lowest BCUT2D eigenvalue weighted by Crippen LogP contribution is -2.30. The molecule has 5 aromatic carbocycles. The highest BCUT2D eigenvalue weighted by molar-refractivity contribution is 6.42. The molecule has 0 amide bonds. The first-order chi connectivity index (χ1) is 21.3. The van der Waals surface area contributed by atoms with Crippen molar-refractivity contribution in [2.75, 3.05) is 18.1 Å². The molecule has 1 aliphatic carbocycles. The molecule has 5 aromatic rings. The summed E-state index contributed by atoms with van der Waals surface area (Å²) in [5.41, 5.74) is 6.78. The van der Waals surface area contributed by atoms with Gasteiger partial charge < -0.3 is 14.4 Å². The summed E-state index contributed by atoms with van der Waals surface area (Å²) in [5, 5.41) is 1.86. The van der Waals surface area contributed by atoms with Crippen molar-refractivity contribution in [1.29, 1.82) is 0 Å². The molecule has 0 saturated heterocycles. The van der Waals surface area contributed by atoms with Crippen LogP contribution in [0, 0.1) is 0 Å². The normalized spacial score (nSPS) is 14.7. The van der Waals surface area contributed by atoms with Gasteiger partial charge in [-0.05, 0) is 72.2 Å². The molecule has 0 aromatic heterocycles. The summed E-state index contributed by atoms with van der Waals surface area (Å²) in [4.78, 5) is 29.5. The fourth-order valence-corrected chi connectivity index (χ4v) is 6.63. The van der Waals surface area contributed by atoms with Crippen molar-refractivity contribution in [3.63, 3.8) is 0 Å². The Labute approximate surface area is 257 Å². The molecule has 1 aliphatic heterocycles. The summed E-state index contributed by atoms with van der Waals surface area (Å²) in [6.45, 7) is 9.23. The number of nitrogens with zero attached hydrogens (tertiary/aromatic N) is 1. The second-order valence-electron chi connectivity index (χ2n) is 11.7. The Kier molecular flexibility index (Phi) is 6.62. The van der Waals surface area contributed by atoms with Gasteiger partial charge in [0.25, 0.3) is 0 Å². The fraction of sp³-hybridized carbons (Fsp3) is 0.179. The van der Waals surface area contributed by atoms with Crippen molar-refractivity contribution in [1.82, 2.24) is 0 Å². The highest BCUT2D eigenvalue weighted by Gasteiger charge is 2.38. The SMILES string of the molecule is CCOc1cc(N2c3ccccc3C(C)(C)c3ccccc32)c(OCC)cc1C=C1C(=O)c2cc3ccccc3cc2C1=O. The molecule has 7 rings (SSSR count). The Morgan fingerprint density at radius 1 is 0.636 bits per heavy atom. The largest absolute Gasteiger partial charge is 0.493 e. The van der Waals surface area contributed by atoms with Crippen LogP contribution in [0.4, 0.5) is 17.1 Å². The molecule has 5 heteroatoms. The lowest BCUT2D eigenvalue weighted by molar-refractivity contribution is 0.0990. The number of hydrogen-bond acceptors (Lipinski definition) is 5. The van der Waals surface area contributed by atoms with E-state index in [9.17, 15) is 9.59 Å². The maximum Gasteiger partial charge on any atom is 0.197 e. The molecule has 1 heterocycles. The lowest BCUT2D eigenvalue weighted by Gasteiger charge is -2.42. The van der Waals surface area contributed by atoms with Crippen molar-refractivity contribution in [2.45, 2.75) is 33.1 Å². The zero-order valence-corrected chi connectivity index (χ0v) is 25.3. The van der Waals surface area contributed by atoms with Gasteiger partial charge >= 0.3 is 0 Å². The Morgan fingerprint density at radius 2 is 1.14 bits per heavy atom. The number of benzene rings is 5. The first-order valence-electron chi connectivity index (χ1n) is 15.1. The molecule has 218 valence electrons. The van der Waals surface area contributed by atoms with Gasteiger partial charge in [-0.3, -0.25) is 9.59 Å². The van der Waals surface area contributed by atoms with Crippen LogP contribution < -0.4 is 14.4 Å². The summed E-state index contributed by atoms with van der Waals surface area (Å²) < 4.78 is 12.5. The smallest absolute Gasteiger partial charge is 0.197 e. The van der Waals surface area contributed by atoms with Crippen LogP contribution in [0.3, 0.4) is 0 Å². The van der Waals surface area contributed by atoms with Gasteiger partial charge in [0.1, 0.15) is 11.5 Å². The zero-order valence-electron chi connectivity index (χ0n) is 25.3. The van der Waals surface area contributed by atoms with Gasteiger partial charge in [-0.25, -0.2) is 0 Å². The average molecular weight is 580 g/mol. The highest BCUT2D eigenvalue weighted by atomic mass is 16.5. The molecule has 0 saturated carbocycles. The summed E-state index contributed by atoms with van der Waals surface area (Å²) >= 11 is 0. The van der Waals surface area contributed by atoms with Crippen LogP contribution in [0.1, 0.15) is 65.1 Å². The number of ketones is 2. The van der Waals surface area contributed by atoms with Gasteiger partial charge in [-0.2, -0.15) is 0 Å². The van der Waals surface area contributed by atoms with Crippen LogP contribution in [0.2, 0.25) is 0 Å². The summed E-state index contributed by atoms with van der Waals surface area (Å²) in [6, 6.07) is 32.1. The Bertz CT molecular complexity index is 1910. The second kappa shape index (κ2) is 10.5. The first kappa shape index (κ1) is 27.7. The Morgan fingerprint density at radius 3 is 1.68 bits per heavy atom. The number of anilines is 3. The highest BCUT2D eigenvalue weighted by Crippen LogP contribution is 2.54. The Balaban J connectivity index is 1.41. The van der Waals surface area contributed by atoms with Gasteiger partial charge in [-0.15, -0.1) is 0 Å². The minimum atomic E-state index is -0.277. The maximum atomic E-state index is 13.6. The number of carbonyl (C=O) groups excluding carboxylic acids is 2.